The highest BCUT2D eigenvalue weighted by atomic mass is 35.5. The van der Waals surface area contributed by atoms with E-state index in [1.165, 1.54) is 0 Å². The highest BCUT2D eigenvalue weighted by Crippen LogP contribution is 2.26. The van der Waals surface area contributed by atoms with Crippen molar-refractivity contribution in [3.05, 3.63) is 29.3 Å². The summed E-state index contributed by atoms with van der Waals surface area (Å²) < 4.78 is 5.32. The zero-order chi connectivity index (χ0) is 9.26. The molecule has 0 aromatic heterocycles. The quantitative estimate of drug-likeness (QED) is 0.425. The molecule has 68 valence electrons. The number of ether oxygens (including phenoxy) is 1. The highest BCUT2D eigenvalue weighted by Gasteiger charge is 2.13. The van der Waals surface area contributed by atoms with Gasteiger partial charge in [0.2, 0.25) is 0 Å². The largest absolute Gasteiger partial charge is 0.493 e. The first-order chi connectivity index (χ1) is 6.31. The number of nitrogens with zero attached hydrogens (tertiary/aromatic N) is 1. The Morgan fingerprint density at radius 1 is 1.54 bits per heavy atom. The van der Waals surface area contributed by atoms with Crippen molar-refractivity contribution in [2.75, 3.05) is 6.61 Å². The van der Waals surface area contributed by atoms with E-state index in [1.807, 2.05) is 12.1 Å². The van der Waals surface area contributed by atoms with Crippen LogP contribution >= 0.6 is 11.6 Å². The molecule has 0 spiro atoms. The first kappa shape index (κ1) is 8.38. The number of hydrogen-bond acceptors (Lipinski definition) is 3. The van der Waals surface area contributed by atoms with Gasteiger partial charge in [-0.05, 0) is 23.8 Å². The minimum absolute atomic E-state index is 0.106. The van der Waals surface area contributed by atoms with E-state index >= 15 is 0 Å². The van der Waals surface area contributed by atoms with Crippen molar-refractivity contribution in [1.29, 1.82) is 0 Å². The molecule has 1 aromatic carbocycles. The van der Waals surface area contributed by atoms with Crippen LogP contribution < -0.4 is 4.74 Å². The summed E-state index contributed by atoms with van der Waals surface area (Å²) in [4.78, 5) is 0. The van der Waals surface area contributed by atoms with Crippen molar-refractivity contribution in [2.24, 2.45) is 5.16 Å². The molecule has 0 fully saturated rings. The van der Waals surface area contributed by atoms with Gasteiger partial charge in [0.15, 0.2) is 5.17 Å². The first-order valence-corrected chi connectivity index (χ1v) is 4.32. The number of oxime groups is 1. The minimum atomic E-state index is 0.106. The Balaban J connectivity index is 2.41. The molecule has 0 aliphatic carbocycles. The van der Waals surface area contributed by atoms with E-state index in [0.29, 0.717) is 12.2 Å². The van der Waals surface area contributed by atoms with E-state index in [9.17, 15) is 0 Å². The van der Waals surface area contributed by atoms with Gasteiger partial charge in [0, 0.05) is 12.0 Å². The third-order valence-corrected chi connectivity index (χ3v) is 2.31. The van der Waals surface area contributed by atoms with Crippen molar-refractivity contribution >= 4 is 16.8 Å². The summed E-state index contributed by atoms with van der Waals surface area (Å²) in [5, 5.41) is 11.5. The Hall–Kier alpha value is -1.22. The van der Waals surface area contributed by atoms with Crippen LogP contribution in [0.4, 0.5) is 0 Å². The summed E-state index contributed by atoms with van der Waals surface area (Å²) in [5.74, 6) is 0.895. The van der Waals surface area contributed by atoms with Crippen LogP contribution in [0.1, 0.15) is 11.1 Å². The third kappa shape index (κ3) is 1.47. The van der Waals surface area contributed by atoms with Gasteiger partial charge in [-0.3, -0.25) is 0 Å². The van der Waals surface area contributed by atoms with Crippen molar-refractivity contribution in [3.8, 4) is 5.75 Å². The fourth-order valence-corrected chi connectivity index (χ4v) is 1.49. The molecule has 1 N–H and O–H groups in total. The predicted molar refractivity (Wildman–Crippen MR) is 49.8 cm³/mol. The average molecular weight is 198 g/mol. The Labute approximate surface area is 80.6 Å². The maximum absolute atomic E-state index is 8.46. The molecule has 4 heteroatoms. The standard InChI is InChI=1S/C9H8ClNO2/c10-9(11-12)7-1-2-8-6(5-7)3-4-13-8/h1-2,5,12H,3-4H2/b11-9+. The number of halogens is 1. The van der Waals surface area contributed by atoms with Crippen LogP contribution in [0.2, 0.25) is 0 Å². The number of hydrogen-bond donors (Lipinski definition) is 1. The van der Waals surface area contributed by atoms with Crippen LogP contribution in [0.15, 0.2) is 23.4 Å². The zero-order valence-electron chi connectivity index (χ0n) is 6.83. The molecule has 1 heterocycles. The molecule has 0 saturated carbocycles. The monoisotopic (exact) mass is 197 g/mol. The molecule has 1 aliphatic heterocycles. The molecule has 2 rings (SSSR count). The lowest BCUT2D eigenvalue weighted by Gasteiger charge is -2.00. The van der Waals surface area contributed by atoms with Crippen molar-refractivity contribution in [1.82, 2.24) is 0 Å². The molecule has 0 unspecified atom stereocenters. The van der Waals surface area contributed by atoms with Crippen LogP contribution in [-0.2, 0) is 6.42 Å². The van der Waals surface area contributed by atoms with E-state index in [0.717, 1.165) is 17.7 Å². The van der Waals surface area contributed by atoms with Crippen molar-refractivity contribution < 1.29 is 9.94 Å². The van der Waals surface area contributed by atoms with Crippen molar-refractivity contribution in [3.63, 3.8) is 0 Å². The fraction of sp³-hybridized carbons (Fsp3) is 0.222. The van der Waals surface area contributed by atoms with Crippen LogP contribution in [0.5, 0.6) is 5.75 Å². The van der Waals surface area contributed by atoms with E-state index in [2.05, 4.69) is 5.16 Å². The maximum Gasteiger partial charge on any atom is 0.175 e. The maximum atomic E-state index is 8.46. The van der Waals surface area contributed by atoms with Gasteiger partial charge in [0.05, 0.1) is 6.61 Å². The second-order valence-electron chi connectivity index (χ2n) is 2.81. The molecular formula is C9H8ClNO2. The smallest absolute Gasteiger partial charge is 0.175 e. The van der Waals surface area contributed by atoms with Crippen LogP contribution in [0.3, 0.4) is 0 Å². The molecule has 0 radical (unpaired) electrons. The van der Waals surface area contributed by atoms with Crippen LogP contribution in [0.25, 0.3) is 0 Å². The summed E-state index contributed by atoms with van der Waals surface area (Å²) in [6.45, 7) is 0.715. The van der Waals surface area contributed by atoms with Gasteiger partial charge in [0.1, 0.15) is 5.75 Å². The molecule has 13 heavy (non-hydrogen) atoms. The first-order valence-electron chi connectivity index (χ1n) is 3.95. The summed E-state index contributed by atoms with van der Waals surface area (Å²) in [6.07, 6.45) is 0.888. The Bertz CT molecular complexity index is 363. The fourth-order valence-electron chi connectivity index (χ4n) is 1.37. The van der Waals surface area contributed by atoms with E-state index in [4.69, 9.17) is 21.5 Å². The second kappa shape index (κ2) is 3.26. The van der Waals surface area contributed by atoms with Crippen LogP contribution in [0, 0.1) is 0 Å². The molecule has 1 aromatic rings. The second-order valence-corrected chi connectivity index (χ2v) is 3.17. The summed E-state index contributed by atoms with van der Waals surface area (Å²) in [7, 11) is 0. The number of rotatable bonds is 1. The molecule has 0 saturated heterocycles. The summed E-state index contributed by atoms with van der Waals surface area (Å²) in [6, 6.07) is 5.49. The van der Waals surface area contributed by atoms with Gasteiger partial charge >= 0.3 is 0 Å². The average Bonchev–Trinajstić information content (AvgIpc) is 2.63. The molecular weight excluding hydrogens is 190 g/mol. The molecule has 0 atom stereocenters. The Morgan fingerprint density at radius 2 is 2.38 bits per heavy atom. The minimum Gasteiger partial charge on any atom is -0.493 e. The van der Waals surface area contributed by atoms with Gasteiger partial charge in [0.25, 0.3) is 0 Å². The predicted octanol–water partition coefficient (Wildman–Crippen LogP) is 2.00. The van der Waals surface area contributed by atoms with Crippen molar-refractivity contribution in [2.45, 2.75) is 6.42 Å². The summed E-state index contributed by atoms with van der Waals surface area (Å²) in [5.41, 5.74) is 1.83. The van der Waals surface area contributed by atoms with E-state index in [1.54, 1.807) is 6.07 Å². The SMILES string of the molecule is O/N=C(/Cl)c1ccc2c(c1)CCO2. The lowest BCUT2D eigenvalue weighted by Crippen LogP contribution is -1.91. The van der Waals surface area contributed by atoms with E-state index in [-0.39, 0.29) is 5.17 Å². The number of benzene rings is 1. The number of fused-ring (bicyclic) bond motifs is 1. The van der Waals surface area contributed by atoms with Gasteiger partial charge in [-0.15, -0.1) is 0 Å². The molecule has 1 aliphatic rings. The highest BCUT2D eigenvalue weighted by molar-refractivity contribution is 6.69. The lowest BCUT2D eigenvalue weighted by atomic mass is 10.1. The third-order valence-electron chi connectivity index (χ3n) is 2.02. The van der Waals surface area contributed by atoms with Gasteiger partial charge in [-0.1, -0.05) is 16.8 Å². The normalized spacial score (nSPS) is 15.3. The molecule has 0 amide bonds. The molecule has 3 nitrogen and oxygen atoms in total. The summed E-state index contributed by atoms with van der Waals surface area (Å²) >= 11 is 5.65. The van der Waals surface area contributed by atoms with Gasteiger partial charge < -0.3 is 9.94 Å². The van der Waals surface area contributed by atoms with Crippen LogP contribution in [-0.4, -0.2) is 17.0 Å². The Kier molecular flexibility index (Phi) is 2.10. The zero-order valence-corrected chi connectivity index (χ0v) is 7.58. The van der Waals surface area contributed by atoms with Gasteiger partial charge in [-0.25, -0.2) is 0 Å². The topological polar surface area (TPSA) is 41.8 Å². The van der Waals surface area contributed by atoms with Gasteiger partial charge in [-0.2, -0.15) is 0 Å². The van der Waals surface area contributed by atoms with E-state index < -0.39 is 0 Å². The molecule has 0 bridgehead atoms. The Morgan fingerprint density at radius 3 is 3.15 bits per heavy atom. The lowest BCUT2D eigenvalue weighted by molar-refractivity contribution is 0.321.